The minimum absolute atomic E-state index is 0.234. The van der Waals surface area contributed by atoms with Crippen LogP contribution in [0.2, 0.25) is 0 Å². The Morgan fingerprint density at radius 1 is 1.20 bits per heavy atom. The first-order valence-electron chi connectivity index (χ1n) is 7.82. The Balaban J connectivity index is 1.96. The second-order valence-electron chi connectivity index (χ2n) is 5.61. The summed E-state index contributed by atoms with van der Waals surface area (Å²) in [6.45, 7) is 6.51. The van der Waals surface area contributed by atoms with Gasteiger partial charge in [-0.3, -0.25) is 4.79 Å². The Hall–Kier alpha value is -1.51. The first-order valence-corrected chi connectivity index (χ1v) is 7.82. The van der Waals surface area contributed by atoms with Crippen molar-refractivity contribution in [2.45, 2.75) is 46.0 Å². The summed E-state index contributed by atoms with van der Waals surface area (Å²) in [4.78, 5) is 14.3. The number of rotatable bonds is 4. The van der Waals surface area contributed by atoms with Crippen molar-refractivity contribution in [3.8, 4) is 0 Å². The molecular formula is C17H26N2O. The standard InChI is InChI=1S/C17H26N2O/c1-3-15-10-8-9-14(2)17(15)18-13-16(20)19-11-6-4-5-7-12-19/h8-10,18H,3-7,11-13H2,1-2H3. The number of para-hydroxylation sites is 1. The van der Waals surface area contributed by atoms with Gasteiger partial charge in [-0.05, 0) is 37.3 Å². The fourth-order valence-electron chi connectivity index (χ4n) is 2.87. The highest BCUT2D eigenvalue weighted by atomic mass is 16.2. The maximum absolute atomic E-state index is 12.3. The van der Waals surface area contributed by atoms with Crippen LogP contribution in [-0.2, 0) is 11.2 Å². The number of nitrogens with one attached hydrogen (secondary N) is 1. The normalized spacial score (nSPS) is 15.8. The van der Waals surface area contributed by atoms with Gasteiger partial charge in [-0.25, -0.2) is 0 Å². The molecule has 3 nitrogen and oxygen atoms in total. The van der Waals surface area contributed by atoms with E-state index in [1.165, 1.54) is 24.0 Å². The number of hydrogen-bond donors (Lipinski definition) is 1. The van der Waals surface area contributed by atoms with Crippen molar-refractivity contribution in [2.75, 3.05) is 25.0 Å². The second kappa shape index (κ2) is 7.32. The van der Waals surface area contributed by atoms with E-state index in [2.05, 4.69) is 37.4 Å². The van der Waals surface area contributed by atoms with E-state index in [9.17, 15) is 4.79 Å². The van der Waals surface area contributed by atoms with Gasteiger partial charge in [0.05, 0.1) is 6.54 Å². The topological polar surface area (TPSA) is 32.3 Å². The molecule has 2 rings (SSSR count). The van der Waals surface area contributed by atoms with Gasteiger partial charge in [0, 0.05) is 18.8 Å². The zero-order valence-corrected chi connectivity index (χ0v) is 12.7. The summed E-state index contributed by atoms with van der Waals surface area (Å²) in [5.74, 6) is 0.234. The number of hydrogen-bond acceptors (Lipinski definition) is 2. The summed E-state index contributed by atoms with van der Waals surface area (Å²) in [6.07, 6.45) is 5.80. The first kappa shape index (κ1) is 14.9. The number of nitrogens with zero attached hydrogens (tertiary/aromatic N) is 1. The van der Waals surface area contributed by atoms with Gasteiger partial charge in [0.25, 0.3) is 0 Å². The Bertz CT molecular complexity index is 448. The van der Waals surface area contributed by atoms with Gasteiger partial charge >= 0.3 is 0 Å². The monoisotopic (exact) mass is 274 g/mol. The molecule has 3 heteroatoms. The largest absolute Gasteiger partial charge is 0.376 e. The van der Waals surface area contributed by atoms with Gasteiger partial charge < -0.3 is 10.2 Å². The van der Waals surface area contributed by atoms with E-state index in [-0.39, 0.29) is 5.91 Å². The predicted molar refractivity (Wildman–Crippen MR) is 84.1 cm³/mol. The number of anilines is 1. The van der Waals surface area contributed by atoms with Crippen LogP contribution in [0.1, 0.15) is 43.7 Å². The van der Waals surface area contributed by atoms with E-state index >= 15 is 0 Å². The quantitative estimate of drug-likeness (QED) is 0.913. The lowest BCUT2D eigenvalue weighted by Crippen LogP contribution is -2.36. The molecule has 1 amide bonds. The van der Waals surface area contributed by atoms with Gasteiger partial charge in [-0.2, -0.15) is 0 Å². The van der Waals surface area contributed by atoms with Gasteiger partial charge in [0.1, 0.15) is 0 Å². The maximum atomic E-state index is 12.3. The Labute approximate surface area is 122 Å². The van der Waals surface area contributed by atoms with E-state index in [0.717, 1.165) is 38.0 Å². The van der Waals surface area contributed by atoms with Crippen LogP contribution in [0.4, 0.5) is 5.69 Å². The van der Waals surface area contributed by atoms with E-state index < -0.39 is 0 Å². The van der Waals surface area contributed by atoms with Crippen LogP contribution in [-0.4, -0.2) is 30.4 Å². The third-order valence-electron chi connectivity index (χ3n) is 4.12. The third-order valence-corrected chi connectivity index (χ3v) is 4.12. The zero-order chi connectivity index (χ0) is 14.4. The fraction of sp³-hybridized carbons (Fsp3) is 0.588. The Morgan fingerprint density at radius 3 is 2.55 bits per heavy atom. The third kappa shape index (κ3) is 3.75. The lowest BCUT2D eigenvalue weighted by molar-refractivity contribution is -0.129. The number of benzene rings is 1. The average Bonchev–Trinajstić information content (AvgIpc) is 2.74. The average molecular weight is 274 g/mol. The molecule has 1 aliphatic rings. The van der Waals surface area contributed by atoms with E-state index in [1.54, 1.807) is 0 Å². The highest BCUT2D eigenvalue weighted by molar-refractivity contribution is 5.81. The first-order chi connectivity index (χ1) is 9.72. The van der Waals surface area contributed by atoms with Gasteiger partial charge in [-0.15, -0.1) is 0 Å². The number of carbonyl (C=O) groups excluding carboxylic acids is 1. The minimum Gasteiger partial charge on any atom is -0.376 e. The number of amides is 1. The number of likely N-dealkylation sites (tertiary alicyclic amines) is 1. The van der Waals surface area contributed by atoms with Crippen molar-refractivity contribution in [2.24, 2.45) is 0 Å². The SMILES string of the molecule is CCc1cccc(C)c1NCC(=O)N1CCCCCC1. The summed E-state index contributed by atoms with van der Waals surface area (Å²) >= 11 is 0. The molecule has 1 aliphatic heterocycles. The van der Waals surface area contributed by atoms with Gasteiger partial charge in [-0.1, -0.05) is 38.0 Å². The van der Waals surface area contributed by atoms with Crippen molar-refractivity contribution < 1.29 is 4.79 Å². The molecule has 110 valence electrons. The molecule has 1 N–H and O–H groups in total. The molecule has 0 aromatic heterocycles. The predicted octanol–water partition coefficient (Wildman–Crippen LogP) is 3.37. The minimum atomic E-state index is 0.234. The van der Waals surface area contributed by atoms with Gasteiger partial charge in [0.15, 0.2) is 0 Å². The van der Waals surface area contributed by atoms with E-state index in [4.69, 9.17) is 0 Å². The second-order valence-corrected chi connectivity index (χ2v) is 5.61. The summed E-state index contributed by atoms with van der Waals surface area (Å²) < 4.78 is 0. The number of carbonyl (C=O) groups is 1. The van der Waals surface area contributed by atoms with Crippen LogP contribution in [0, 0.1) is 6.92 Å². The molecule has 0 radical (unpaired) electrons. The molecular weight excluding hydrogens is 248 g/mol. The molecule has 0 bridgehead atoms. The van der Waals surface area contributed by atoms with Crippen LogP contribution in [0.5, 0.6) is 0 Å². The summed E-state index contributed by atoms with van der Waals surface area (Å²) in [5, 5.41) is 3.36. The fourth-order valence-corrected chi connectivity index (χ4v) is 2.87. The molecule has 20 heavy (non-hydrogen) atoms. The molecule has 0 aliphatic carbocycles. The molecule has 1 fully saturated rings. The summed E-state index contributed by atoms with van der Waals surface area (Å²) in [6, 6.07) is 6.31. The molecule has 0 atom stereocenters. The summed E-state index contributed by atoms with van der Waals surface area (Å²) in [7, 11) is 0. The molecule has 0 saturated carbocycles. The van der Waals surface area contributed by atoms with Crippen molar-refractivity contribution in [3.05, 3.63) is 29.3 Å². The van der Waals surface area contributed by atoms with Crippen LogP contribution in [0.15, 0.2) is 18.2 Å². The van der Waals surface area contributed by atoms with Crippen molar-refractivity contribution in [1.29, 1.82) is 0 Å². The molecule has 0 unspecified atom stereocenters. The highest BCUT2D eigenvalue weighted by Crippen LogP contribution is 2.21. The van der Waals surface area contributed by atoms with Crippen molar-refractivity contribution >= 4 is 11.6 Å². The van der Waals surface area contributed by atoms with Crippen LogP contribution in [0.3, 0.4) is 0 Å². The zero-order valence-electron chi connectivity index (χ0n) is 12.7. The Kier molecular flexibility index (Phi) is 5.45. The van der Waals surface area contributed by atoms with Crippen molar-refractivity contribution in [3.63, 3.8) is 0 Å². The molecule has 1 aromatic rings. The van der Waals surface area contributed by atoms with Crippen LogP contribution < -0.4 is 5.32 Å². The van der Waals surface area contributed by atoms with Crippen LogP contribution >= 0.6 is 0 Å². The molecule has 1 heterocycles. The lowest BCUT2D eigenvalue weighted by Gasteiger charge is -2.21. The molecule has 1 saturated heterocycles. The maximum Gasteiger partial charge on any atom is 0.241 e. The van der Waals surface area contributed by atoms with Crippen LogP contribution in [0.25, 0.3) is 0 Å². The Morgan fingerprint density at radius 2 is 1.90 bits per heavy atom. The number of aryl methyl sites for hydroxylation is 2. The summed E-state index contributed by atoms with van der Waals surface area (Å²) in [5.41, 5.74) is 3.64. The lowest BCUT2D eigenvalue weighted by atomic mass is 10.1. The van der Waals surface area contributed by atoms with E-state index in [1.807, 2.05) is 4.90 Å². The molecule has 0 spiro atoms. The smallest absolute Gasteiger partial charge is 0.241 e. The molecule has 1 aromatic carbocycles. The van der Waals surface area contributed by atoms with Crippen molar-refractivity contribution in [1.82, 2.24) is 4.90 Å². The van der Waals surface area contributed by atoms with E-state index in [0.29, 0.717) is 6.54 Å². The highest BCUT2D eigenvalue weighted by Gasteiger charge is 2.15. The van der Waals surface area contributed by atoms with Gasteiger partial charge in [0.2, 0.25) is 5.91 Å².